The zero-order valence-corrected chi connectivity index (χ0v) is 19.4. The van der Waals surface area contributed by atoms with Crippen LogP contribution in [0.25, 0.3) is 0 Å². The second-order valence-electron chi connectivity index (χ2n) is 7.12. The highest BCUT2D eigenvalue weighted by Crippen LogP contribution is 2.20. The molecule has 0 atom stereocenters. The fourth-order valence-corrected chi connectivity index (χ4v) is 2.98. The number of furan rings is 1. The number of likely N-dealkylation sites (N-methyl/N-ethyl adjacent to an activating group) is 1. The third-order valence-electron chi connectivity index (χ3n) is 4.63. The molecule has 1 aromatic rings. The van der Waals surface area contributed by atoms with Crippen molar-refractivity contribution in [3.05, 3.63) is 24.2 Å². The van der Waals surface area contributed by atoms with E-state index in [-0.39, 0.29) is 36.4 Å². The smallest absolute Gasteiger partial charge is 0.243 e. The fourth-order valence-electron chi connectivity index (χ4n) is 2.98. The Kier molecular flexibility index (Phi) is 13.0. The number of amides is 1. The molecule has 1 fully saturated rings. The lowest BCUT2D eigenvalue weighted by molar-refractivity contribution is -0.127. The lowest BCUT2D eigenvalue weighted by Gasteiger charge is -2.22. The lowest BCUT2D eigenvalue weighted by atomic mass is 9.98. The number of ether oxygens (including phenoxy) is 1. The zero-order chi connectivity index (χ0) is 19.3. The van der Waals surface area contributed by atoms with E-state index in [1.165, 1.54) is 32.1 Å². The maximum absolute atomic E-state index is 11.8. The minimum Gasteiger partial charge on any atom is -0.469 e. The van der Waals surface area contributed by atoms with Crippen LogP contribution in [0, 0.1) is 0 Å². The zero-order valence-electron chi connectivity index (χ0n) is 17.1. The minimum absolute atomic E-state index is 0. The number of carbonyl (C=O) groups excluding carboxylic acids is 1. The van der Waals surface area contributed by atoms with Gasteiger partial charge in [0, 0.05) is 40.2 Å². The van der Waals surface area contributed by atoms with Gasteiger partial charge in [-0.3, -0.25) is 4.79 Å². The molecule has 2 rings (SSSR count). The standard InChI is InChI=1S/C20H34N4O3.HI/c1-24(2)19(25)16-23-20(22-13-11-18-10-6-14-26-18)21-12-7-15-27-17-8-4-3-5-9-17;/h6,10,14,17H,3-5,7-9,11-13,15-16H2,1-2H3,(H2,21,22,23);1H. The molecule has 7 nitrogen and oxygen atoms in total. The molecular weight excluding hydrogens is 471 g/mol. The van der Waals surface area contributed by atoms with E-state index in [0.29, 0.717) is 18.6 Å². The molecule has 1 amide bonds. The summed E-state index contributed by atoms with van der Waals surface area (Å²) >= 11 is 0. The van der Waals surface area contributed by atoms with Gasteiger partial charge in [0.05, 0.1) is 12.4 Å². The normalized spacial score (nSPS) is 15.0. The Morgan fingerprint density at radius 3 is 2.68 bits per heavy atom. The van der Waals surface area contributed by atoms with Crippen molar-refractivity contribution >= 4 is 35.8 Å². The fraction of sp³-hybridized carbons (Fsp3) is 0.700. The predicted octanol–water partition coefficient (Wildman–Crippen LogP) is 2.80. The van der Waals surface area contributed by atoms with Crippen molar-refractivity contribution in [2.45, 2.75) is 51.0 Å². The summed E-state index contributed by atoms with van der Waals surface area (Å²) in [5, 5.41) is 6.55. The molecule has 1 heterocycles. The second kappa shape index (κ2) is 14.7. The summed E-state index contributed by atoms with van der Waals surface area (Å²) in [4.78, 5) is 17.7. The molecule has 0 saturated heterocycles. The van der Waals surface area contributed by atoms with E-state index in [9.17, 15) is 4.79 Å². The topological polar surface area (TPSA) is 79.1 Å². The average Bonchev–Trinajstić information content (AvgIpc) is 3.19. The van der Waals surface area contributed by atoms with Crippen LogP contribution >= 0.6 is 24.0 Å². The van der Waals surface area contributed by atoms with Crippen molar-refractivity contribution in [1.82, 2.24) is 15.5 Å². The molecule has 0 aliphatic heterocycles. The summed E-state index contributed by atoms with van der Waals surface area (Å²) < 4.78 is 11.3. The Bertz CT molecular complexity index is 558. The van der Waals surface area contributed by atoms with Crippen LogP contribution in [0.5, 0.6) is 0 Å². The van der Waals surface area contributed by atoms with Crippen LogP contribution in [0.15, 0.2) is 27.8 Å². The van der Waals surface area contributed by atoms with E-state index < -0.39 is 0 Å². The van der Waals surface area contributed by atoms with Gasteiger partial charge in [0.25, 0.3) is 0 Å². The van der Waals surface area contributed by atoms with Gasteiger partial charge in [-0.2, -0.15) is 0 Å². The Morgan fingerprint density at radius 2 is 2.00 bits per heavy atom. The molecule has 8 heteroatoms. The number of nitrogens with one attached hydrogen (secondary N) is 2. The predicted molar refractivity (Wildman–Crippen MR) is 122 cm³/mol. The molecule has 0 radical (unpaired) electrons. The number of rotatable bonds is 10. The molecule has 160 valence electrons. The maximum atomic E-state index is 11.8. The van der Waals surface area contributed by atoms with Gasteiger partial charge in [-0.15, -0.1) is 24.0 Å². The molecule has 28 heavy (non-hydrogen) atoms. The third kappa shape index (κ3) is 10.3. The number of aliphatic imine (C=N–C) groups is 1. The van der Waals surface area contributed by atoms with Crippen molar-refractivity contribution < 1.29 is 13.9 Å². The number of nitrogens with zero attached hydrogens (tertiary/aromatic N) is 2. The minimum atomic E-state index is -0.0252. The van der Waals surface area contributed by atoms with Gasteiger partial charge in [0.2, 0.25) is 5.91 Å². The Morgan fingerprint density at radius 1 is 1.25 bits per heavy atom. The highest BCUT2D eigenvalue weighted by atomic mass is 127. The van der Waals surface area contributed by atoms with Gasteiger partial charge in [-0.1, -0.05) is 19.3 Å². The van der Waals surface area contributed by atoms with Crippen LogP contribution in [0.3, 0.4) is 0 Å². The summed E-state index contributed by atoms with van der Waals surface area (Å²) in [5.41, 5.74) is 0. The number of carbonyl (C=O) groups is 1. The number of hydrogen-bond donors (Lipinski definition) is 2. The summed E-state index contributed by atoms with van der Waals surface area (Å²) in [6.45, 7) is 2.33. The molecular formula is C20H35IN4O3. The largest absolute Gasteiger partial charge is 0.469 e. The Hall–Kier alpha value is -1.29. The van der Waals surface area contributed by atoms with Crippen LogP contribution in [0.4, 0.5) is 0 Å². The lowest BCUT2D eigenvalue weighted by Crippen LogP contribution is -2.40. The van der Waals surface area contributed by atoms with E-state index in [1.807, 2.05) is 12.1 Å². The van der Waals surface area contributed by atoms with Gasteiger partial charge >= 0.3 is 0 Å². The molecule has 1 aliphatic carbocycles. The van der Waals surface area contributed by atoms with Gasteiger partial charge < -0.3 is 24.7 Å². The molecule has 1 saturated carbocycles. The molecule has 1 aromatic heterocycles. The van der Waals surface area contributed by atoms with Crippen molar-refractivity contribution in [3.63, 3.8) is 0 Å². The summed E-state index contributed by atoms with van der Waals surface area (Å²) in [5.74, 6) is 1.55. The van der Waals surface area contributed by atoms with Crippen LogP contribution in [-0.4, -0.2) is 63.2 Å². The highest BCUT2D eigenvalue weighted by molar-refractivity contribution is 14.0. The summed E-state index contributed by atoms with van der Waals surface area (Å²) in [6.07, 6.45) is 10.1. The average molecular weight is 506 g/mol. The van der Waals surface area contributed by atoms with Crippen molar-refractivity contribution in [1.29, 1.82) is 0 Å². The van der Waals surface area contributed by atoms with E-state index in [2.05, 4.69) is 15.6 Å². The molecule has 0 bridgehead atoms. The molecule has 0 aromatic carbocycles. The highest BCUT2D eigenvalue weighted by Gasteiger charge is 2.13. The molecule has 0 spiro atoms. The number of guanidine groups is 1. The van der Waals surface area contributed by atoms with Gasteiger partial charge in [-0.25, -0.2) is 4.99 Å². The number of hydrogen-bond acceptors (Lipinski definition) is 4. The van der Waals surface area contributed by atoms with Crippen LogP contribution in [0.1, 0.15) is 44.3 Å². The van der Waals surface area contributed by atoms with Crippen molar-refractivity contribution in [2.24, 2.45) is 4.99 Å². The second-order valence-corrected chi connectivity index (χ2v) is 7.12. The third-order valence-corrected chi connectivity index (χ3v) is 4.63. The van der Waals surface area contributed by atoms with Crippen LogP contribution in [-0.2, 0) is 16.0 Å². The summed E-state index contributed by atoms with van der Waals surface area (Å²) in [7, 11) is 3.47. The van der Waals surface area contributed by atoms with Crippen LogP contribution in [0.2, 0.25) is 0 Å². The van der Waals surface area contributed by atoms with Crippen molar-refractivity contribution in [3.8, 4) is 0 Å². The van der Waals surface area contributed by atoms with Gasteiger partial charge in [0.1, 0.15) is 12.3 Å². The quantitative estimate of drug-likeness (QED) is 0.221. The molecule has 0 unspecified atom stereocenters. The van der Waals surface area contributed by atoms with Gasteiger partial charge in [0.15, 0.2) is 5.96 Å². The van der Waals surface area contributed by atoms with E-state index in [0.717, 1.165) is 31.8 Å². The first kappa shape index (κ1) is 24.7. The molecule has 2 N–H and O–H groups in total. The van der Waals surface area contributed by atoms with Crippen LogP contribution < -0.4 is 10.6 Å². The summed E-state index contributed by atoms with van der Waals surface area (Å²) in [6, 6.07) is 3.83. The van der Waals surface area contributed by atoms with E-state index >= 15 is 0 Å². The Labute approximate surface area is 185 Å². The van der Waals surface area contributed by atoms with Gasteiger partial charge in [-0.05, 0) is 31.4 Å². The van der Waals surface area contributed by atoms with E-state index in [4.69, 9.17) is 9.15 Å². The molecule has 1 aliphatic rings. The first-order valence-corrected chi connectivity index (χ1v) is 10.0. The maximum Gasteiger partial charge on any atom is 0.243 e. The van der Waals surface area contributed by atoms with E-state index in [1.54, 1.807) is 25.3 Å². The monoisotopic (exact) mass is 506 g/mol. The SMILES string of the molecule is CN(C)C(=O)CN=C(NCCCOC1CCCCC1)NCCc1ccco1.I. The first-order valence-electron chi connectivity index (χ1n) is 10.0. The number of halogens is 1. The first-order chi connectivity index (χ1) is 13.1. The Balaban J connectivity index is 0.00000392. The van der Waals surface area contributed by atoms with Crippen molar-refractivity contribution in [2.75, 3.05) is 40.3 Å².